The molecule has 1 aliphatic heterocycles. The molecule has 2 atom stereocenters. The number of esters is 1. The standard InChI is InChI=1S/C32H27NO5S/c1-18-10-11-26-22(13-18)31(35)23(17-37-26)29-28(32(36)38-16-20-7-4-3-5-8-20)19(2)33-24-14-21(15-25(34)30(24)29)27-9-6-12-39-27/h3-13,17,21,29,33H,14-16H2,1-2H3/t21-,29+/m0/s1. The van der Waals surface area contributed by atoms with Crippen LogP contribution >= 0.6 is 11.3 Å². The molecule has 0 spiro atoms. The monoisotopic (exact) mass is 537 g/mol. The van der Waals surface area contributed by atoms with Gasteiger partial charge in [-0.3, -0.25) is 9.59 Å². The summed E-state index contributed by atoms with van der Waals surface area (Å²) in [6.07, 6.45) is 2.32. The van der Waals surface area contributed by atoms with E-state index in [9.17, 15) is 14.4 Å². The summed E-state index contributed by atoms with van der Waals surface area (Å²) in [5.41, 5.74) is 4.24. The Morgan fingerprint density at radius 3 is 2.64 bits per heavy atom. The molecule has 4 aromatic rings. The highest BCUT2D eigenvalue weighted by Crippen LogP contribution is 2.46. The molecule has 3 heterocycles. The van der Waals surface area contributed by atoms with Crippen molar-refractivity contribution in [3.05, 3.63) is 127 Å². The summed E-state index contributed by atoms with van der Waals surface area (Å²) in [6.45, 7) is 3.78. The number of carbonyl (C=O) groups is 2. The molecule has 0 bridgehead atoms. The Morgan fingerprint density at radius 2 is 1.87 bits per heavy atom. The van der Waals surface area contributed by atoms with Gasteiger partial charge in [-0.1, -0.05) is 48.0 Å². The first-order valence-corrected chi connectivity index (χ1v) is 13.8. The zero-order chi connectivity index (χ0) is 27.1. The molecule has 196 valence electrons. The Hall–Kier alpha value is -4.23. The normalized spacial score (nSPS) is 19.2. The molecule has 1 N–H and O–H groups in total. The lowest BCUT2D eigenvalue weighted by molar-refractivity contribution is -0.140. The Labute approximate surface area is 229 Å². The van der Waals surface area contributed by atoms with Gasteiger partial charge in [-0.05, 0) is 49.4 Å². The van der Waals surface area contributed by atoms with Crippen LogP contribution in [0.15, 0.2) is 104 Å². The van der Waals surface area contributed by atoms with E-state index >= 15 is 0 Å². The van der Waals surface area contributed by atoms with Gasteiger partial charge in [0.15, 0.2) is 11.2 Å². The van der Waals surface area contributed by atoms with Crippen molar-refractivity contribution < 1.29 is 18.7 Å². The third kappa shape index (κ3) is 4.63. The summed E-state index contributed by atoms with van der Waals surface area (Å²) in [5, 5.41) is 5.77. The summed E-state index contributed by atoms with van der Waals surface area (Å²) in [5.74, 6) is -1.50. The second-order valence-electron chi connectivity index (χ2n) is 10.1. The maximum Gasteiger partial charge on any atom is 0.337 e. The predicted octanol–water partition coefficient (Wildman–Crippen LogP) is 6.27. The first kappa shape index (κ1) is 25.1. The highest BCUT2D eigenvalue weighted by Gasteiger charge is 2.43. The minimum Gasteiger partial charge on any atom is -0.464 e. The van der Waals surface area contributed by atoms with E-state index in [0.717, 1.165) is 21.7 Å². The zero-order valence-corrected chi connectivity index (χ0v) is 22.5. The Morgan fingerprint density at radius 1 is 1.05 bits per heavy atom. The maximum absolute atomic E-state index is 13.9. The lowest BCUT2D eigenvalue weighted by atomic mass is 9.73. The van der Waals surface area contributed by atoms with Gasteiger partial charge in [0.25, 0.3) is 0 Å². The van der Waals surface area contributed by atoms with Crippen LogP contribution in [0.1, 0.15) is 53.2 Å². The van der Waals surface area contributed by atoms with E-state index in [1.807, 2.05) is 60.8 Å². The van der Waals surface area contributed by atoms with Gasteiger partial charge in [-0.15, -0.1) is 11.3 Å². The molecule has 7 heteroatoms. The van der Waals surface area contributed by atoms with E-state index in [4.69, 9.17) is 9.15 Å². The molecule has 0 amide bonds. The van der Waals surface area contributed by atoms with Crippen molar-refractivity contribution in [2.24, 2.45) is 0 Å². The molecule has 0 radical (unpaired) electrons. The third-order valence-electron chi connectivity index (χ3n) is 7.47. The number of ether oxygens (including phenoxy) is 1. The van der Waals surface area contributed by atoms with Gasteiger partial charge in [0.1, 0.15) is 12.2 Å². The van der Waals surface area contributed by atoms with Crippen LogP contribution in [0.2, 0.25) is 0 Å². The molecule has 2 aliphatic rings. The fraction of sp³-hybridized carbons (Fsp3) is 0.219. The average Bonchev–Trinajstić information content (AvgIpc) is 3.47. The molecule has 0 fully saturated rings. The summed E-state index contributed by atoms with van der Waals surface area (Å²) in [4.78, 5) is 42.5. The van der Waals surface area contributed by atoms with Crippen LogP contribution in [0.3, 0.4) is 0 Å². The molecule has 39 heavy (non-hydrogen) atoms. The van der Waals surface area contributed by atoms with Crippen LogP contribution in [0.25, 0.3) is 11.0 Å². The number of rotatable bonds is 5. The van der Waals surface area contributed by atoms with E-state index in [2.05, 4.69) is 5.32 Å². The van der Waals surface area contributed by atoms with Crippen molar-refractivity contribution >= 4 is 34.1 Å². The van der Waals surface area contributed by atoms with Gasteiger partial charge in [0.2, 0.25) is 0 Å². The highest BCUT2D eigenvalue weighted by atomic mass is 32.1. The van der Waals surface area contributed by atoms with Gasteiger partial charge in [0.05, 0.1) is 23.1 Å². The number of hydrogen-bond donors (Lipinski definition) is 1. The van der Waals surface area contributed by atoms with Crippen molar-refractivity contribution in [2.75, 3.05) is 0 Å². The number of fused-ring (bicyclic) bond motifs is 1. The lowest BCUT2D eigenvalue weighted by Gasteiger charge is -2.36. The minimum atomic E-state index is -0.887. The van der Waals surface area contributed by atoms with Crippen LogP contribution < -0.4 is 10.7 Å². The first-order chi connectivity index (χ1) is 18.9. The Kier molecular flexibility index (Phi) is 6.53. The fourth-order valence-corrected chi connectivity index (χ4v) is 6.44. The number of dihydropyridines is 1. The summed E-state index contributed by atoms with van der Waals surface area (Å²) in [7, 11) is 0. The van der Waals surface area contributed by atoms with Crippen LogP contribution in [0, 0.1) is 6.92 Å². The number of ketones is 1. The third-order valence-corrected chi connectivity index (χ3v) is 8.51. The minimum absolute atomic E-state index is 0.0412. The number of Topliss-reactive ketones (excluding diaryl/α,β-unsaturated/α-hetero) is 1. The number of nitrogens with one attached hydrogen (secondary N) is 1. The van der Waals surface area contributed by atoms with Gasteiger partial charge in [-0.2, -0.15) is 0 Å². The topological polar surface area (TPSA) is 85.6 Å². The largest absolute Gasteiger partial charge is 0.464 e. The lowest BCUT2D eigenvalue weighted by Crippen LogP contribution is -2.37. The number of thiophene rings is 1. The van der Waals surface area contributed by atoms with E-state index in [-0.39, 0.29) is 34.9 Å². The summed E-state index contributed by atoms with van der Waals surface area (Å²) in [6, 6.07) is 18.8. The van der Waals surface area contributed by atoms with Crippen molar-refractivity contribution in [1.82, 2.24) is 5.32 Å². The molecule has 6 rings (SSSR count). The molecule has 1 aliphatic carbocycles. The summed E-state index contributed by atoms with van der Waals surface area (Å²) < 4.78 is 11.6. The number of allylic oxidation sites excluding steroid dienone is 3. The summed E-state index contributed by atoms with van der Waals surface area (Å²) >= 11 is 1.63. The number of carbonyl (C=O) groups excluding carboxylic acids is 2. The van der Waals surface area contributed by atoms with Crippen molar-refractivity contribution in [3.8, 4) is 0 Å². The quantitative estimate of drug-likeness (QED) is 0.302. The number of benzene rings is 2. The molecule has 0 saturated heterocycles. The molecule has 6 nitrogen and oxygen atoms in total. The number of aryl methyl sites for hydroxylation is 1. The zero-order valence-electron chi connectivity index (χ0n) is 21.7. The second-order valence-corrected chi connectivity index (χ2v) is 11.1. The van der Waals surface area contributed by atoms with Crippen LogP contribution in [-0.4, -0.2) is 11.8 Å². The van der Waals surface area contributed by atoms with Crippen molar-refractivity contribution in [3.63, 3.8) is 0 Å². The molecule has 0 unspecified atom stereocenters. The SMILES string of the molecule is CC1=C(C(=O)OCc2ccccc2)[C@@H](c2coc3ccc(C)cc3c2=O)C2=C(C[C@H](c3cccs3)CC2=O)N1. The van der Waals surface area contributed by atoms with Crippen LogP contribution in [0.5, 0.6) is 0 Å². The van der Waals surface area contributed by atoms with Crippen LogP contribution in [-0.2, 0) is 20.9 Å². The van der Waals surface area contributed by atoms with E-state index < -0.39 is 11.9 Å². The van der Waals surface area contributed by atoms with E-state index in [0.29, 0.717) is 35.1 Å². The molecular weight excluding hydrogens is 510 g/mol. The Balaban J connectivity index is 1.46. The molecule has 2 aromatic heterocycles. The first-order valence-electron chi connectivity index (χ1n) is 12.9. The second kappa shape index (κ2) is 10.2. The highest BCUT2D eigenvalue weighted by molar-refractivity contribution is 7.10. The smallest absolute Gasteiger partial charge is 0.337 e. The maximum atomic E-state index is 13.9. The molecule has 2 aromatic carbocycles. The van der Waals surface area contributed by atoms with Crippen molar-refractivity contribution in [1.29, 1.82) is 0 Å². The van der Waals surface area contributed by atoms with Crippen molar-refractivity contribution in [2.45, 2.75) is 45.1 Å². The number of hydrogen-bond acceptors (Lipinski definition) is 7. The van der Waals surface area contributed by atoms with E-state index in [1.54, 1.807) is 30.4 Å². The Bertz CT molecular complexity index is 1710. The fourth-order valence-electron chi connectivity index (χ4n) is 5.61. The van der Waals surface area contributed by atoms with E-state index in [1.165, 1.54) is 6.26 Å². The van der Waals surface area contributed by atoms with Gasteiger partial charge < -0.3 is 14.5 Å². The van der Waals surface area contributed by atoms with Gasteiger partial charge in [-0.25, -0.2) is 4.79 Å². The average molecular weight is 538 g/mol. The van der Waals surface area contributed by atoms with Crippen LogP contribution in [0.4, 0.5) is 0 Å². The predicted molar refractivity (Wildman–Crippen MR) is 150 cm³/mol. The van der Waals surface area contributed by atoms with Gasteiger partial charge in [0, 0.05) is 39.7 Å². The van der Waals surface area contributed by atoms with Gasteiger partial charge >= 0.3 is 5.97 Å². The molecular formula is C32H27NO5S. The molecule has 0 saturated carbocycles.